The summed E-state index contributed by atoms with van der Waals surface area (Å²) in [5.74, 6) is 0.868. The van der Waals surface area contributed by atoms with Gasteiger partial charge in [0.2, 0.25) is 0 Å². The second kappa shape index (κ2) is 7.54. The summed E-state index contributed by atoms with van der Waals surface area (Å²) in [5.41, 5.74) is 2.18. The molecule has 0 aliphatic heterocycles. The molecular formula is C16H20N2O. The fourth-order valence-corrected chi connectivity index (χ4v) is 1.78. The lowest BCUT2D eigenvalue weighted by Gasteiger charge is -2.08. The van der Waals surface area contributed by atoms with Crippen molar-refractivity contribution < 1.29 is 4.74 Å². The zero-order valence-electron chi connectivity index (χ0n) is 11.3. The molecule has 2 rings (SSSR count). The van der Waals surface area contributed by atoms with E-state index in [1.165, 1.54) is 5.56 Å². The van der Waals surface area contributed by atoms with Crippen LogP contribution >= 0.6 is 0 Å². The number of pyridine rings is 1. The van der Waals surface area contributed by atoms with Gasteiger partial charge >= 0.3 is 0 Å². The predicted molar refractivity (Wildman–Crippen MR) is 77.0 cm³/mol. The van der Waals surface area contributed by atoms with Crippen LogP contribution < -0.4 is 10.1 Å². The van der Waals surface area contributed by atoms with Crippen molar-refractivity contribution in [1.82, 2.24) is 10.3 Å². The summed E-state index contributed by atoms with van der Waals surface area (Å²) < 4.78 is 5.77. The summed E-state index contributed by atoms with van der Waals surface area (Å²) in [6.45, 7) is 4.54. The van der Waals surface area contributed by atoms with Crippen molar-refractivity contribution in [3.05, 3.63) is 59.9 Å². The molecule has 0 aliphatic rings. The van der Waals surface area contributed by atoms with Crippen LogP contribution in [0.4, 0.5) is 0 Å². The highest BCUT2D eigenvalue weighted by atomic mass is 16.5. The fourth-order valence-electron chi connectivity index (χ4n) is 1.78. The van der Waals surface area contributed by atoms with E-state index in [0.29, 0.717) is 6.61 Å². The predicted octanol–water partition coefficient (Wildman–Crippen LogP) is 3.16. The molecule has 0 amide bonds. The Bertz CT molecular complexity index is 485. The summed E-state index contributed by atoms with van der Waals surface area (Å²) in [6, 6.07) is 14.1. The van der Waals surface area contributed by atoms with E-state index >= 15 is 0 Å². The molecule has 0 saturated heterocycles. The molecule has 1 heterocycles. The second-order valence-electron chi connectivity index (χ2n) is 4.43. The second-order valence-corrected chi connectivity index (χ2v) is 4.43. The molecule has 19 heavy (non-hydrogen) atoms. The molecule has 2 aromatic rings. The van der Waals surface area contributed by atoms with E-state index in [0.717, 1.165) is 31.0 Å². The van der Waals surface area contributed by atoms with Crippen LogP contribution in [0.5, 0.6) is 5.75 Å². The van der Waals surface area contributed by atoms with Gasteiger partial charge in [0.25, 0.3) is 0 Å². The third-order valence-corrected chi connectivity index (χ3v) is 2.77. The fraction of sp³-hybridized carbons (Fsp3) is 0.312. The molecule has 0 aliphatic carbocycles. The van der Waals surface area contributed by atoms with Crippen LogP contribution in [0, 0.1) is 0 Å². The Morgan fingerprint density at radius 2 is 2.00 bits per heavy atom. The lowest BCUT2D eigenvalue weighted by molar-refractivity contribution is 0.305. The molecule has 0 atom stereocenters. The first-order chi connectivity index (χ1) is 9.38. The van der Waals surface area contributed by atoms with Crippen LogP contribution in [-0.2, 0) is 13.2 Å². The summed E-state index contributed by atoms with van der Waals surface area (Å²) in [7, 11) is 0. The Morgan fingerprint density at radius 3 is 2.79 bits per heavy atom. The van der Waals surface area contributed by atoms with Crippen molar-refractivity contribution in [2.75, 3.05) is 6.54 Å². The number of benzene rings is 1. The summed E-state index contributed by atoms with van der Waals surface area (Å²) in [4.78, 5) is 4.32. The molecule has 1 aromatic carbocycles. The third kappa shape index (κ3) is 4.72. The van der Waals surface area contributed by atoms with E-state index in [-0.39, 0.29) is 0 Å². The smallest absolute Gasteiger partial charge is 0.123 e. The minimum Gasteiger partial charge on any atom is -0.489 e. The lowest BCUT2D eigenvalue weighted by Crippen LogP contribution is -2.14. The quantitative estimate of drug-likeness (QED) is 0.773. The van der Waals surface area contributed by atoms with E-state index in [9.17, 15) is 0 Å². The number of hydrogen-bond donors (Lipinski definition) is 1. The van der Waals surface area contributed by atoms with E-state index in [1.54, 1.807) is 6.20 Å². The Labute approximate surface area is 114 Å². The summed E-state index contributed by atoms with van der Waals surface area (Å²) >= 11 is 0. The molecule has 0 saturated carbocycles. The largest absolute Gasteiger partial charge is 0.489 e. The minimum atomic E-state index is 0.590. The SMILES string of the molecule is CCCNCc1cc(OCc2ccccc2)ccn1. The zero-order chi connectivity index (χ0) is 13.3. The van der Waals surface area contributed by atoms with Gasteiger partial charge in [0, 0.05) is 18.8 Å². The first kappa shape index (κ1) is 13.6. The van der Waals surface area contributed by atoms with Crippen molar-refractivity contribution in [2.45, 2.75) is 26.5 Å². The average Bonchev–Trinajstić information content (AvgIpc) is 2.47. The molecule has 100 valence electrons. The van der Waals surface area contributed by atoms with E-state index in [4.69, 9.17) is 4.74 Å². The van der Waals surface area contributed by atoms with Gasteiger partial charge in [-0.1, -0.05) is 37.3 Å². The molecule has 1 N–H and O–H groups in total. The molecule has 0 fully saturated rings. The van der Waals surface area contributed by atoms with E-state index in [2.05, 4.69) is 29.4 Å². The van der Waals surface area contributed by atoms with Crippen molar-refractivity contribution in [1.29, 1.82) is 0 Å². The first-order valence-corrected chi connectivity index (χ1v) is 6.71. The normalized spacial score (nSPS) is 10.4. The Morgan fingerprint density at radius 1 is 1.16 bits per heavy atom. The van der Waals surface area contributed by atoms with Crippen LogP contribution in [0.25, 0.3) is 0 Å². The van der Waals surface area contributed by atoms with Crippen LogP contribution in [0.2, 0.25) is 0 Å². The van der Waals surface area contributed by atoms with Crippen LogP contribution in [0.15, 0.2) is 48.7 Å². The Hall–Kier alpha value is -1.87. The maximum atomic E-state index is 5.77. The van der Waals surface area contributed by atoms with Gasteiger partial charge in [0.15, 0.2) is 0 Å². The molecule has 0 spiro atoms. The highest BCUT2D eigenvalue weighted by Crippen LogP contribution is 2.13. The number of nitrogens with one attached hydrogen (secondary N) is 1. The summed E-state index contributed by atoms with van der Waals surface area (Å²) in [5, 5.41) is 3.33. The molecule has 0 unspecified atom stereocenters. The van der Waals surface area contributed by atoms with Gasteiger partial charge in [-0.2, -0.15) is 0 Å². The Balaban J connectivity index is 1.88. The van der Waals surface area contributed by atoms with E-state index in [1.807, 2.05) is 30.3 Å². The van der Waals surface area contributed by atoms with Gasteiger partial charge in [0.05, 0.1) is 5.69 Å². The Kier molecular flexibility index (Phi) is 5.38. The topological polar surface area (TPSA) is 34.1 Å². The highest BCUT2D eigenvalue weighted by molar-refractivity contribution is 5.23. The van der Waals surface area contributed by atoms with Gasteiger partial charge in [0.1, 0.15) is 12.4 Å². The maximum Gasteiger partial charge on any atom is 0.123 e. The minimum absolute atomic E-state index is 0.590. The van der Waals surface area contributed by atoms with Gasteiger partial charge in [-0.25, -0.2) is 0 Å². The van der Waals surface area contributed by atoms with Gasteiger partial charge in [-0.3, -0.25) is 4.98 Å². The van der Waals surface area contributed by atoms with Crippen LogP contribution in [0.3, 0.4) is 0 Å². The number of ether oxygens (including phenoxy) is 1. The van der Waals surface area contributed by atoms with Gasteiger partial charge in [-0.15, -0.1) is 0 Å². The molecule has 0 bridgehead atoms. The monoisotopic (exact) mass is 256 g/mol. The average molecular weight is 256 g/mol. The summed E-state index contributed by atoms with van der Waals surface area (Å²) in [6.07, 6.45) is 2.92. The number of hydrogen-bond acceptors (Lipinski definition) is 3. The number of aromatic nitrogens is 1. The third-order valence-electron chi connectivity index (χ3n) is 2.77. The first-order valence-electron chi connectivity index (χ1n) is 6.71. The standard InChI is InChI=1S/C16H20N2O/c1-2-9-17-12-15-11-16(8-10-18-15)19-13-14-6-4-3-5-7-14/h3-8,10-11,17H,2,9,12-13H2,1H3. The van der Waals surface area contributed by atoms with Crippen molar-refractivity contribution >= 4 is 0 Å². The van der Waals surface area contributed by atoms with Gasteiger partial charge < -0.3 is 10.1 Å². The van der Waals surface area contributed by atoms with Crippen molar-refractivity contribution in [3.63, 3.8) is 0 Å². The number of nitrogens with zero attached hydrogens (tertiary/aromatic N) is 1. The van der Waals surface area contributed by atoms with Crippen LogP contribution in [0.1, 0.15) is 24.6 Å². The van der Waals surface area contributed by atoms with Gasteiger partial charge in [-0.05, 0) is 24.6 Å². The molecule has 3 heteroatoms. The maximum absolute atomic E-state index is 5.77. The van der Waals surface area contributed by atoms with Crippen LogP contribution in [-0.4, -0.2) is 11.5 Å². The molecular weight excluding hydrogens is 236 g/mol. The lowest BCUT2D eigenvalue weighted by atomic mass is 10.2. The molecule has 3 nitrogen and oxygen atoms in total. The van der Waals surface area contributed by atoms with Crippen molar-refractivity contribution in [2.24, 2.45) is 0 Å². The van der Waals surface area contributed by atoms with Crippen molar-refractivity contribution in [3.8, 4) is 5.75 Å². The molecule has 1 aromatic heterocycles. The van der Waals surface area contributed by atoms with E-state index < -0.39 is 0 Å². The molecule has 0 radical (unpaired) electrons. The highest BCUT2D eigenvalue weighted by Gasteiger charge is 1.99. The number of rotatable bonds is 7. The zero-order valence-corrected chi connectivity index (χ0v) is 11.3.